The molecule has 0 saturated heterocycles. The Morgan fingerprint density at radius 2 is 2.00 bits per heavy atom. The summed E-state index contributed by atoms with van der Waals surface area (Å²) in [6, 6.07) is 7.04. The first kappa shape index (κ1) is 13.0. The monoisotopic (exact) mass is 287 g/mol. The first-order valence-electron chi connectivity index (χ1n) is 4.82. The van der Waals surface area contributed by atoms with E-state index in [0.717, 1.165) is 10.2 Å². The van der Waals surface area contributed by atoms with Crippen LogP contribution in [0, 0.1) is 0 Å². The van der Waals surface area contributed by atoms with Gasteiger partial charge >= 0.3 is 5.97 Å². The number of esters is 1. The summed E-state index contributed by atoms with van der Waals surface area (Å²) in [7, 11) is 1.25. The summed E-state index contributed by atoms with van der Waals surface area (Å²) in [6.45, 7) is 1.71. The van der Waals surface area contributed by atoms with E-state index in [1.165, 1.54) is 7.11 Å². The number of halogens is 1. The molecule has 2 atom stereocenters. The van der Waals surface area contributed by atoms with Crippen molar-refractivity contribution >= 4 is 27.6 Å². The highest BCUT2D eigenvalue weighted by Gasteiger charge is 2.22. The molecular weight excluding hydrogens is 274 g/mol. The van der Waals surface area contributed by atoms with Gasteiger partial charge in [-0.15, -0.1) is 0 Å². The minimum absolute atomic E-state index is 0.409. The lowest BCUT2D eigenvalue weighted by atomic mass is 10.2. The van der Waals surface area contributed by atoms with Crippen LogP contribution in [0.5, 0.6) is 0 Å². The molecule has 2 N–H and O–H groups in total. The van der Waals surface area contributed by atoms with E-state index < -0.39 is 18.1 Å². The first-order chi connectivity index (χ1) is 7.54. The van der Waals surface area contributed by atoms with Crippen molar-refractivity contribution in [3.05, 3.63) is 28.7 Å². The Hall–Kier alpha value is -1.07. The average Bonchev–Trinajstić information content (AvgIpc) is 2.30. The van der Waals surface area contributed by atoms with Crippen molar-refractivity contribution in [1.82, 2.24) is 0 Å². The van der Waals surface area contributed by atoms with Crippen LogP contribution in [0.1, 0.15) is 6.92 Å². The van der Waals surface area contributed by atoms with E-state index in [4.69, 9.17) is 0 Å². The molecule has 5 heteroatoms. The van der Waals surface area contributed by atoms with Crippen molar-refractivity contribution in [2.75, 3.05) is 12.4 Å². The number of methoxy groups -OCH3 is 1. The Balaban J connectivity index is 2.60. The summed E-state index contributed by atoms with van der Waals surface area (Å²) in [5.74, 6) is -0.642. The zero-order chi connectivity index (χ0) is 12.1. The van der Waals surface area contributed by atoms with E-state index in [0.29, 0.717) is 0 Å². The van der Waals surface area contributed by atoms with E-state index >= 15 is 0 Å². The highest BCUT2D eigenvalue weighted by Crippen LogP contribution is 2.15. The molecule has 0 amide bonds. The number of anilines is 1. The lowest BCUT2D eigenvalue weighted by molar-refractivity contribution is -0.150. The van der Waals surface area contributed by atoms with E-state index in [1.807, 2.05) is 24.3 Å². The fraction of sp³-hybridized carbons (Fsp3) is 0.364. The number of hydrogen-bond donors (Lipinski definition) is 2. The molecule has 2 unspecified atom stereocenters. The normalized spacial score (nSPS) is 14.0. The zero-order valence-electron chi connectivity index (χ0n) is 9.11. The Morgan fingerprint density at radius 1 is 1.44 bits per heavy atom. The minimum atomic E-state index is -1.17. The predicted octanol–water partition coefficient (Wildman–Crippen LogP) is 1.78. The molecule has 88 valence electrons. The van der Waals surface area contributed by atoms with Crippen LogP contribution in [0.15, 0.2) is 28.7 Å². The number of hydrogen-bond acceptors (Lipinski definition) is 4. The number of aliphatic hydroxyl groups is 1. The number of carbonyl (C=O) groups is 1. The molecule has 0 aliphatic rings. The second kappa shape index (κ2) is 5.86. The van der Waals surface area contributed by atoms with Crippen molar-refractivity contribution in [2.24, 2.45) is 0 Å². The number of rotatable bonds is 4. The van der Waals surface area contributed by atoms with Crippen LogP contribution in [-0.2, 0) is 9.53 Å². The second-order valence-electron chi connectivity index (χ2n) is 3.41. The second-order valence-corrected chi connectivity index (χ2v) is 4.32. The van der Waals surface area contributed by atoms with Gasteiger partial charge in [-0.05, 0) is 31.2 Å². The van der Waals surface area contributed by atoms with Gasteiger partial charge in [-0.1, -0.05) is 15.9 Å². The van der Waals surface area contributed by atoms with Gasteiger partial charge in [0.05, 0.1) is 13.2 Å². The number of ether oxygens (including phenoxy) is 1. The van der Waals surface area contributed by atoms with E-state index in [2.05, 4.69) is 26.0 Å². The topological polar surface area (TPSA) is 58.6 Å². The fourth-order valence-electron chi connectivity index (χ4n) is 1.21. The van der Waals surface area contributed by atoms with Crippen LogP contribution in [0.2, 0.25) is 0 Å². The molecule has 0 fully saturated rings. The number of benzene rings is 1. The first-order valence-corrected chi connectivity index (χ1v) is 5.62. The summed E-state index contributed by atoms with van der Waals surface area (Å²) < 4.78 is 5.43. The fourth-order valence-corrected chi connectivity index (χ4v) is 1.48. The Bertz CT molecular complexity index is 353. The van der Waals surface area contributed by atoms with Gasteiger partial charge in [0, 0.05) is 10.2 Å². The van der Waals surface area contributed by atoms with Gasteiger partial charge in [0.25, 0.3) is 0 Å². The van der Waals surface area contributed by atoms with Gasteiger partial charge in [0.1, 0.15) is 0 Å². The molecule has 16 heavy (non-hydrogen) atoms. The van der Waals surface area contributed by atoms with E-state index in [-0.39, 0.29) is 0 Å². The molecule has 1 aromatic rings. The summed E-state index contributed by atoms with van der Waals surface area (Å²) in [5.41, 5.74) is 0.832. The standard InChI is InChI=1S/C11H14BrNO3/c1-7(10(14)11(15)16-2)13-9-5-3-8(12)4-6-9/h3-7,10,13-14H,1-2H3. The molecule has 0 heterocycles. The van der Waals surface area contributed by atoms with Crippen LogP contribution < -0.4 is 5.32 Å². The van der Waals surface area contributed by atoms with Gasteiger partial charge in [0.15, 0.2) is 6.10 Å². The van der Waals surface area contributed by atoms with Crippen LogP contribution >= 0.6 is 15.9 Å². The third-order valence-corrected chi connectivity index (χ3v) is 2.68. The zero-order valence-corrected chi connectivity index (χ0v) is 10.7. The molecule has 4 nitrogen and oxygen atoms in total. The lowest BCUT2D eigenvalue weighted by Gasteiger charge is -2.19. The molecule has 0 radical (unpaired) electrons. The number of nitrogens with one attached hydrogen (secondary N) is 1. The molecule has 0 aromatic heterocycles. The third kappa shape index (κ3) is 3.50. The van der Waals surface area contributed by atoms with Crippen molar-refractivity contribution in [3.8, 4) is 0 Å². The Kier molecular flexibility index (Phi) is 4.76. The molecule has 0 bridgehead atoms. The lowest BCUT2D eigenvalue weighted by Crippen LogP contribution is -2.37. The largest absolute Gasteiger partial charge is 0.467 e. The Morgan fingerprint density at radius 3 is 2.50 bits per heavy atom. The quantitative estimate of drug-likeness (QED) is 0.829. The average molecular weight is 288 g/mol. The van der Waals surface area contributed by atoms with Crippen molar-refractivity contribution in [3.63, 3.8) is 0 Å². The van der Waals surface area contributed by atoms with Crippen molar-refractivity contribution in [2.45, 2.75) is 19.1 Å². The van der Waals surface area contributed by atoms with Crippen molar-refractivity contribution < 1.29 is 14.6 Å². The maximum Gasteiger partial charge on any atom is 0.336 e. The van der Waals surface area contributed by atoms with Crippen molar-refractivity contribution in [1.29, 1.82) is 0 Å². The van der Waals surface area contributed by atoms with E-state index in [1.54, 1.807) is 6.92 Å². The highest BCUT2D eigenvalue weighted by atomic mass is 79.9. The van der Waals surface area contributed by atoms with Crippen LogP contribution in [0.4, 0.5) is 5.69 Å². The predicted molar refractivity (Wildman–Crippen MR) is 65.2 cm³/mol. The van der Waals surface area contributed by atoms with Gasteiger partial charge in [-0.2, -0.15) is 0 Å². The van der Waals surface area contributed by atoms with Crippen LogP contribution in [0.25, 0.3) is 0 Å². The molecule has 0 aliphatic carbocycles. The van der Waals surface area contributed by atoms with Crippen LogP contribution in [0.3, 0.4) is 0 Å². The molecule has 0 aliphatic heterocycles. The molecule has 1 rings (SSSR count). The van der Waals surface area contributed by atoms with Crippen LogP contribution in [-0.4, -0.2) is 30.3 Å². The van der Waals surface area contributed by atoms with Gasteiger partial charge in [-0.3, -0.25) is 0 Å². The molecule has 1 aromatic carbocycles. The number of aliphatic hydroxyl groups excluding tert-OH is 1. The number of carbonyl (C=O) groups excluding carboxylic acids is 1. The van der Waals surface area contributed by atoms with E-state index in [9.17, 15) is 9.90 Å². The molecular formula is C11H14BrNO3. The van der Waals surface area contributed by atoms with Gasteiger partial charge in [-0.25, -0.2) is 4.79 Å². The third-order valence-electron chi connectivity index (χ3n) is 2.15. The SMILES string of the molecule is COC(=O)C(O)C(C)Nc1ccc(Br)cc1. The summed E-state index contributed by atoms with van der Waals surface area (Å²) in [4.78, 5) is 11.1. The highest BCUT2D eigenvalue weighted by molar-refractivity contribution is 9.10. The molecule has 0 saturated carbocycles. The Labute approximate surface area is 103 Å². The maximum atomic E-state index is 11.1. The molecule has 0 spiro atoms. The minimum Gasteiger partial charge on any atom is -0.467 e. The smallest absolute Gasteiger partial charge is 0.336 e. The summed E-state index contributed by atoms with van der Waals surface area (Å²) in [5, 5.41) is 12.6. The summed E-state index contributed by atoms with van der Waals surface area (Å²) in [6.07, 6.45) is -1.17. The van der Waals surface area contributed by atoms with Gasteiger partial charge in [0.2, 0.25) is 0 Å². The maximum absolute atomic E-state index is 11.1. The summed E-state index contributed by atoms with van der Waals surface area (Å²) >= 11 is 3.32. The van der Waals surface area contributed by atoms with Gasteiger partial charge < -0.3 is 15.2 Å².